The molecule has 0 atom stereocenters. The maximum atomic E-state index is 9.04. The molecule has 0 aliphatic carbocycles. The molecule has 0 aliphatic rings. The van der Waals surface area contributed by atoms with Crippen molar-refractivity contribution in [3.63, 3.8) is 0 Å². The lowest BCUT2D eigenvalue weighted by Crippen LogP contribution is -2.41. The normalized spacial score (nSPS) is 9.70. The number of nitrogens with zero attached hydrogens (tertiary/aromatic N) is 3. The van der Waals surface area contributed by atoms with Gasteiger partial charge in [0.2, 0.25) is 0 Å². The molecule has 4 aromatic rings. The molecule has 40 heavy (non-hydrogen) atoms. The predicted molar refractivity (Wildman–Crippen MR) is 170 cm³/mol. The van der Waals surface area contributed by atoms with E-state index >= 15 is 0 Å². The average molecular weight is 540 g/mol. The molecular weight excluding hydrogens is 498 g/mol. The van der Waals surface area contributed by atoms with Crippen LogP contribution in [0.4, 0.5) is 0 Å². The number of aromatic nitrogens is 2. The van der Waals surface area contributed by atoms with E-state index in [2.05, 4.69) is 31.2 Å². The first-order chi connectivity index (χ1) is 19.5. The zero-order valence-corrected chi connectivity index (χ0v) is 24.4. The summed E-state index contributed by atoms with van der Waals surface area (Å²) in [6, 6.07) is 27.8. The van der Waals surface area contributed by atoms with Gasteiger partial charge < -0.3 is 15.4 Å². The van der Waals surface area contributed by atoms with Crippen LogP contribution in [0.25, 0.3) is 22.5 Å². The van der Waals surface area contributed by atoms with E-state index in [9.17, 15) is 0 Å². The summed E-state index contributed by atoms with van der Waals surface area (Å²) in [5, 5.41) is 27.2. The Labute approximate surface area is 240 Å². The van der Waals surface area contributed by atoms with Crippen LogP contribution < -0.4 is 16.1 Å². The molecule has 0 radical (unpaired) electrons. The molecule has 0 fully saturated rings. The van der Waals surface area contributed by atoms with Crippen molar-refractivity contribution in [3.8, 4) is 22.5 Å². The van der Waals surface area contributed by atoms with Gasteiger partial charge in [0.1, 0.15) is 0 Å². The quantitative estimate of drug-likeness (QED) is 0.111. The molecule has 210 valence electrons. The second-order valence-corrected chi connectivity index (χ2v) is 7.99. The second-order valence-electron chi connectivity index (χ2n) is 7.99. The monoisotopic (exact) mass is 540 g/mol. The molecule has 10 heteroatoms. The average Bonchev–Trinajstić information content (AvgIpc) is 3.01. The first-order valence-corrected chi connectivity index (χ1v) is 13.7. The van der Waals surface area contributed by atoms with E-state index in [1.807, 2.05) is 113 Å². The van der Waals surface area contributed by atoms with Gasteiger partial charge in [-0.25, -0.2) is 0 Å². The smallest absolute Gasteiger partial charge is 0.423 e. The van der Waals surface area contributed by atoms with Crippen LogP contribution in [0.15, 0.2) is 102 Å². The van der Waals surface area contributed by atoms with Gasteiger partial charge in [0, 0.05) is 30.1 Å². The van der Waals surface area contributed by atoms with E-state index in [4.69, 9.17) is 10.0 Å². The molecule has 0 spiro atoms. The fraction of sp³-hybridized carbons (Fsp3) is 0.233. The van der Waals surface area contributed by atoms with Crippen LogP contribution in [0.5, 0.6) is 0 Å². The Morgan fingerprint density at radius 2 is 1.20 bits per heavy atom. The van der Waals surface area contributed by atoms with E-state index in [-0.39, 0.29) is 0 Å². The Bertz CT molecular complexity index is 1180. The van der Waals surface area contributed by atoms with Gasteiger partial charge in [-0.3, -0.25) is 20.7 Å². The van der Waals surface area contributed by atoms with Gasteiger partial charge in [-0.15, -0.1) is 0 Å². The van der Waals surface area contributed by atoms with Crippen LogP contribution in [0.2, 0.25) is 13.6 Å². The fourth-order valence-electron chi connectivity index (χ4n) is 3.12. The predicted octanol–water partition coefficient (Wildman–Crippen LogP) is 5.29. The standard InChI is InChI=1S/C13H16BN3O.C13H14BN3O.2C2H6/c2*1-14(18)17-16-10-11-5-7-12(8-6-11)13-4-2-3-9-15-13;2*1-2/h2-9,16-18H,10H2,1H3;2-10,17-18H,1H3;2*1-2H3/b;16-10+;;. The SMILES string of the molecule is CB(O)N/N=C/c1ccc(-c2ccccn2)cc1.CB(O)NNCc1ccc(-c2ccccn2)cc1.CC.CC. The molecule has 8 nitrogen and oxygen atoms in total. The van der Waals surface area contributed by atoms with E-state index < -0.39 is 14.1 Å². The number of hydrazine groups is 1. The maximum absolute atomic E-state index is 9.04. The van der Waals surface area contributed by atoms with Crippen molar-refractivity contribution in [3.05, 3.63) is 108 Å². The lowest BCUT2D eigenvalue weighted by Gasteiger charge is -2.07. The second kappa shape index (κ2) is 21.1. The maximum Gasteiger partial charge on any atom is 0.423 e. The first-order valence-electron chi connectivity index (χ1n) is 13.7. The highest BCUT2D eigenvalue weighted by Crippen LogP contribution is 2.17. The van der Waals surface area contributed by atoms with Crippen molar-refractivity contribution in [1.82, 2.24) is 26.1 Å². The summed E-state index contributed by atoms with van der Waals surface area (Å²) in [7, 11) is -1.20. The van der Waals surface area contributed by atoms with Crippen molar-refractivity contribution >= 4 is 20.3 Å². The van der Waals surface area contributed by atoms with Crippen LogP contribution >= 0.6 is 0 Å². The third-order valence-electron chi connectivity index (χ3n) is 4.86. The number of pyridine rings is 2. The van der Waals surface area contributed by atoms with Gasteiger partial charge in [0.05, 0.1) is 17.6 Å². The Kier molecular flexibility index (Phi) is 18.0. The minimum absolute atomic E-state index is 0.558. The molecule has 5 N–H and O–H groups in total. The zero-order valence-electron chi connectivity index (χ0n) is 24.4. The van der Waals surface area contributed by atoms with Crippen molar-refractivity contribution in [2.75, 3.05) is 0 Å². The number of hydrazone groups is 1. The Balaban J connectivity index is 0.000000356. The largest absolute Gasteiger partial charge is 0.437 e. The van der Waals surface area contributed by atoms with Gasteiger partial charge in [0.25, 0.3) is 0 Å². The number of rotatable bonds is 9. The highest BCUT2D eigenvalue weighted by Gasteiger charge is 2.02. The number of hydrogen-bond donors (Lipinski definition) is 5. The zero-order chi connectivity index (χ0) is 29.6. The summed E-state index contributed by atoms with van der Waals surface area (Å²) >= 11 is 0. The third kappa shape index (κ3) is 13.8. The topological polar surface area (TPSA) is 115 Å². The molecule has 2 aromatic heterocycles. The molecule has 0 unspecified atom stereocenters. The molecule has 0 saturated carbocycles. The van der Waals surface area contributed by atoms with Gasteiger partial charge >= 0.3 is 14.1 Å². The minimum atomic E-state index is -0.644. The van der Waals surface area contributed by atoms with Gasteiger partial charge in [-0.05, 0) is 49.0 Å². The van der Waals surface area contributed by atoms with E-state index in [1.165, 1.54) is 0 Å². The summed E-state index contributed by atoms with van der Waals surface area (Å²) < 4.78 is 0. The summed E-state index contributed by atoms with van der Waals surface area (Å²) in [6.45, 7) is 11.9. The summed E-state index contributed by atoms with van der Waals surface area (Å²) in [6.07, 6.45) is 5.23. The van der Waals surface area contributed by atoms with Crippen LogP contribution in [0.3, 0.4) is 0 Å². The van der Waals surface area contributed by atoms with Crippen LogP contribution in [0.1, 0.15) is 38.8 Å². The fourth-order valence-corrected chi connectivity index (χ4v) is 3.12. The molecular formula is C30H42B2N6O2. The van der Waals surface area contributed by atoms with E-state index in [0.717, 1.165) is 33.6 Å². The Hall–Kier alpha value is -3.82. The van der Waals surface area contributed by atoms with Gasteiger partial charge in [-0.2, -0.15) is 5.10 Å². The molecule has 0 bridgehead atoms. The van der Waals surface area contributed by atoms with Crippen molar-refractivity contribution < 1.29 is 10.0 Å². The summed E-state index contributed by atoms with van der Waals surface area (Å²) in [5.41, 5.74) is 9.13. The van der Waals surface area contributed by atoms with Crippen molar-refractivity contribution in [1.29, 1.82) is 0 Å². The van der Waals surface area contributed by atoms with Crippen molar-refractivity contribution in [2.24, 2.45) is 5.10 Å². The first kappa shape index (κ1) is 34.2. The molecule has 2 aromatic carbocycles. The molecule has 0 saturated heterocycles. The Morgan fingerprint density at radius 1 is 0.700 bits per heavy atom. The van der Waals surface area contributed by atoms with E-state index in [1.54, 1.807) is 32.3 Å². The number of nitrogens with one attached hydrogen (secondary N) is 3. The van der Waals surface area contributed by atoms with Gasteiger partial charge in [0.15, 0.2) is 0 Å². The molecule has 0 aliphatic heterocycles. The minimum Gasteiger partial charge on any atom is -0.437 e. The highest BCUT2D eigenvalue weighted by molar-refractivity contribution is 6.45. The van der Waals surface area contributed by atoms with Crippen LogP contribution in [-0.4, -0.2) is 40.3 Å². The third-order valence-corrected chi connectivity index (χ3v) is 4.86. The molecule has 4 rings (SSSR count). The van der Waals surface area contributed by atoms with Crippen LogP contribution in [-0.2, 0) is 6.54 Å². The van der Waals surface area contributed by atoms with Crippen LogP contribution in [0, 0.1) is 0 Å². The van der Waals surface area contributed by atoms with Gasteiger partial charge in [-0.1, -0.05) is 88.4 Å². The number of hydrogen-bond acceptors (Lipinski definition) is 8. The summed E-state index contributed by atoms with van der Waals surface area (Å²) in [4.78, 5) is 8.59. The Morgan fingerprint density at radius 3 is 1.62 bits per heavy atom. The summed E-state index contributed by atoms with van der Waals surface area (Å²) in [5.74, 6) is 0. The molecule has 2 heterocycles. The lowest BCUT2D eigenvalue weighted by molar-refractivity contribution is 0.520. The van der Waals surface area contributed by atoms with E-state index in [0.29, 0.717) is 6.54 Å². The lowest BCUT2D eigenvalue weighted by atomic mass is 9.91. The number of benzene rings is 2. The highest BCUT2D eigenvalue weighted by atomic mass is 16.2. The molecule has 0 amide bonds. The van der Waals surface area contributed by atoms with Crippen molar-refractivity contribution in [2.45, 2.75) is 47.9 Å².